The van der Waals surface area contributed by atoms with E-state index in [0.29, 0.717) is 24.9 Å². The van der Waals surface area contributed by atoms with Gasteiger partial charge in [-0.05, 0) is 23.1 Å². The highest BCUT2D eigenvalue weighted by Crippen LogP contribution is 2.41. The van der Waals surface area contributed by atoms with Crippen molar-refractivity contribution in [2.24, 2.45) is 11.8 Å². The predicted molar refractivity (Wildman–Crippen MR) is 59.1 cm³/mol. The Morgan fingerprint density at radius 3 is 1.62 bits per heavy atom. The molecule has 80 valence electrons. The number of nitrogens with one attached hydrogen (secondary N) is 2. The summed E-state index contributed by atoms with van der Waals surface area (Å²) in [6, 6.07) is 0. The predicted octanol–water partition coefficient (Wildman–Crippen LogP) is 2.82. The average molecular weight is 227 g/mol. The molecule has 0 aromatic heterocycles. The van der Waals surface area contributed by atoms with Gasteiger partial charge in [0.25, 0.3) is 6.80 Å². The standard InChI is InChI=1S/C8H20ClN2OP/c1-7(2)5-10-13(9,12)11-6-8(3)4/h7-8H,5-6H2,1-4H3,(H2,10,11,12). The Hall–Kier alpha value is 0.440. The molecule has 0 unspecified atom stereocenters. The van der Waals surface area contributed by atoms with Gasteiger partial charge in [0, 0.05) is 13.1 Å². The first-order chi connectivity index (χ1) is 5.83. The van der Waals surface area contributed by atoms with E-state index in [-0.39, 0.29) is 0 Å². The summed E-state index contributed by atoms with van der Waals surface area (Å²) in [5.74, 6) is 0.904. The van der Waals surface area contributed by atoms with Gasteiger partial charge in [-0.1, -0.05) is 27.7 Å². The topological polar surface area (TPSA) is 41.1 Å². The first-order valence-electron chi connectivity index (χ1n) is 4.63. The van der Waals surface area contributed by atoms with Crippen molar-refractivity contribution >= 4 is 18.0 Å². The zero-order chi connectivity index (χ0) is 10.5. The lowest BCUT2D eigenvalue weighted by molar-refractivity contribution is 0.538. The van der Waals surface area contributed by atoms with Crippen molar-refractivity contribution < 1.29 is 4.57 Å². The molecule has 0 rings (SSSR count). The van der Waals surface area contributed by atoms with Crippen LogP contribution < -0.4 is 10.2 Å². The lowest BCUT2D eigenvalue weighted by Gasteiger charge is -2.16. The number of rotatable bonds is 6. The Morgan fingerprint density at radius 1 is 1.08 bits per heavy atom. The lowest BCUT2D eigenvalue weighted by atomic mass is 10.2. The van der Waals surface area contributed by atoms with Gasteiger partial charge >= 0.3 is 0 Å². The van der Waals surface area contributed by atoms with Crippen molar-refractivity contribution in [2.75, 3.05) is 13.1 Å². The molecule has 0 atom stereocenters. The second-order valence-corrected chi connectivity index (χ2v) is 7.17. The van der Waals surface area contributed by atoms with Gasteiger partial charge in [-0.2, -0.15) is 0 Å². The zero-order valence-corrected chi connectivity index (χ0v) is 10.5. The fourth-order valence-electron chi connectivity index (χ4n) is 0.656. The minimum Gasteiger partial charge on any atom is -0.271 e. The SMILES string of the molecule is CC(C)CNP(=O)(Cl)NCC(C)C. The van der Waals surface area contributed by atoms with Crippen LogP contribution in [0.15, 0.2) is 0 Å². The van der Waals surface area contributed by atoms with Crippen molar-refractivity contribution in [1.29, 1.82) is 0 Å². The second-order valence-electron chi connectivity index (χ2n) is 4.04. The number of hydrogen-bond acceptors (Lipinski definition) is 1. The van der Waals surface area contributed by atoms with Crippen LogP contribution in [0.4, 0.5) is 0 Å². The van der Waals surface area contributed by atoms with Crippen LogP contribution in [0.2, 0.25) is 0 Å². The molecule has 0 fully saturated rings. The van der Waals surface area contributed by atoms with E-state index in [1.54, 1.807) is 0 Å². The molecule has 0 radical (unpaired) electrons. The molecule has 0 saturated heterocycles. The molecular weight excluding hydrogens is 207 g/mol. The van der Waals surface area contributed by atoms with Crippen LogP contribution in [-0.4, -0.2) is 13.1 Å². The Bertz CT molecular complexity index is 169. The summed E-state index contributed by atoms with van der Waals surface area (Å²) >= 11 is 5.76. The van der Waals surface area contributed by atoms with Crippen LogP contribution >= 0.6 is 18.0 Å². The van der Waals surface area contributed by atoms with Crippen molar-refractivity contribution in [1.82, 2.24) is 10.2 Å². The number of halogens is 1. The molecule has 0 aliphatic rings. The van der Waals surface area contributed by atoms with Gasteiger partial charge in [0.05, 0.1) is 0 Å². The Labute approximate surface area is 85.9 Å². The van der Waals surface area contributed by atoms with E-state index in [2.05, 4.69) is 10.2 Å². The van der Waals surface area contributed by atoms with Gasteiger partial charge in [0.2, 0.25) is 0 Å². The van der Waals surface area contributed by atoms with Crippen LogP contribution in [0.5, 0.6) is 0 Å². The molecule has 5 heteroatoms. The molecule has 0 aliphatic heterocycles. The highest BCUT2D eigenvalue weighted by molar-refractivity contribution is 7.86. The largest absolute Gasteiger partial charge is 0.299 e. The molecule has 0 bridgehead atoms. The maximum atomic E-state index is 11.6. The summed E-state index contributed by atoms with van der Waals surface area (Å²) in [5.41, 5.74) is 0. The monoisotopic (exact) mass is 226 g/mol. The van der Waals surface area contributed by atoms with Crippen LogP contribution in [0.25, 0.3) is 0 Å². The summed E-state index contributed by atoms with van der Waals surface area (Å²) in [7, 11) is 0. The molecule has 3 nitrogen and oxygen atoms in total. The maximum absolute atomic E-state index is 11.6. The summed E-state index contributed by atoms with van der Waals surface area (Å²) < 4.78 is 11.6. The zero-order valence-electron chi connectivity index (χ0n) is 8.80. The molecule has 2 N–H and O–H groups in total. The lowest BCUT2D eigenvalue weighted by Crippen LogP contribution is -2.25. The molecule has 13 heavy (non-hydrogen) atoms. The van der Waals surface area contributed by atoms with E-state index in [1.165, 1.54) is 0 Å². The summed E-state index contributed by atoms with van der Waals surface area (Å²) in [4.78, 5) is 0. The molecular formula is C8H20ClN2OP. The molecule has 0 aromatic rings. The third-order valence-corrected chi connectivity index (χ3v) is 3.30. The molecule has 0 saturated carbocycles. The summed E-state index contributed by atoms with van der Waals surface area (Å²) in [5, 5.41) is 5.65. The first-order valence-corrected chi connectivity index (χ1v) is 7.24. The molecule has 0 spiro atoms. The minimum atomic E-state index is -2.83. The van der Waals surface area contributed by atoms with Crippen LogP contribution in [0.1, 0.15) is 27.7 Å². The summed E-state index contributed by atoms with van der Waals surface area (Å²) in [6.07, 6.45) is 0. The van der Waals surface area contributed by atoms with Crippen molar-refractivity contribution in [2.45, 2.75) is 27.7 Å². The van der Waals surface area contributed by atoms with Gasteiger partial charge in [0.1, 0.15) is 0 Å². The Kier molecular flexibility index (Phi) is 6.23. The fraction of sp³-hybridized carbons (Fsp3) is 1.00. The smallest absolute Gasteiger partial charge is 0.271 e. The highest BCUT2D eigenvalue weighted by Gasteiger charge is 2.16. The van der Waals surface area contributed by atoms with Crippen LogP contribution in [0, 0.1) is 11.8 Å². The quantitative estimate of drug-likeness (QED) is 0.685. The Morgan fingerprint density at radius 2 is 1.38 bits per heavy atom. The van der Waals surface area contributed by atoms with Gasteiger partial charge in [-0.3, -0.25) is 4.57 Å². The van der Waals surface area contributed by atoms with Gasteiger partial charge < -0.3 is 0 Å². The van der Waals surface area contributed by atoms with Gasteiger partial charge in [-0.25, -0.2) is 10.2 Å². The van der Waals surface area contributed by atoms with Crippen molar-refractivity contribution in [3.8, 4) is 0 Å². The molecule has 0 amide bonds. The van der Waals surface area contributed by atoms with Crippen LogP contribution in [-0.2, 0) is 4.57 Å². The first kappa shape index (κ1) is 13.4. The molecule has 0 aliphatic carbocycles. The van der Waals surface area contributed by atoms with E-state index in [4.69, 9.17) is 11.2 Å². The maximum Gasteiger partial charge on any atom is 0.299 e. The van der Waals surface area contributed by atoms with E-state index < -0.39 is 6.80 Å². The van der Waals surface area contributed by atoms with Gasteiger partial charge in [-0.15, -0.1) is 0 Å². The van der Waals surface area contributed by atoms with Crippen LogP contribution in [0.3, 0.4) is 0 Å². The van der Waals surface area contributed by atoms with E-state index in [0.717, 1.165) is 0 Å². The second kappa shape index (κ2) is 6.02. The fourth-order valence-corrected chi connectivity index (χ4v) is 2.38. The summed E-state index contributed by atoms with van der Waals surface area (Å²) in [6.45, 7) is 6.71. The molecule has 0 aromatic carbocycles. The van der Waals surface area contributed by atoms with E-state index in [9.17, 15) is 4.57 Å². The van der Waals surface area contributed by atoms with E-state index in [1.807, 2.05) is 27.7 Å². The van der Waals surface area contributed by atoms with Crippen molar-refractivity contribution in [3.05, 3.63) is 0 Å². The number of hydrogen-bond donors (Lipinski definition) is 2. The minimum absolute atomic E-state index is 0.452. The molecule has 0 heterocycles. The van der Waals surface area contributed by atoms with Crippen molar-refractivity contribution in [3.63, 3.8) is 0 Å². The third kappa shape index (κ3) is 8.76. The Balaban J connectivity index is 3.74. The van der Waals surface area contributed by atoms with E-state index >= 15 is 0 Å². The van der Waals surface area contributed by atoms with Gasteiger partial charge in [0.15, 0.2) is 0 Å². The average Bonchev–Trinajstić information content (AvgIpc) is 1.98. The third-order valence-electron chi connectivity index (χ3n) is 1.41. The normalized spacial score (nSPS) is 12.8. The highest BCUT2D eigenvalue weighted by atomic mass is 35.7.